The zero-order valence-corrected chi connectivity index (χ0v) is 16.8. The Bertz CT molecular complexity index is 1010. The summed E-state index contributed by atoms with van der Waals surface area (Å²) in [5.41, 5.74) is -0.104. The molecule has 30 heavy (non-hydrogen) atoms. The minimum absolute atomic E-state index is 0.0207. The molecule has 0 heterocycles. The van der Waals surface area contributed by atoms with Crippen LogP contribution in [0.25, 0.3) is 0 Å². The number of alkyl halides is 6. The summed E-state index contributed by atoms with van der Waals surface area (Å²) in [5, 5.41) is 0.0871. The summed E-state index contributed by atoms with van der Waals surface area (Å²) < 4.78 is 111. The Hall–Kier alpha value is -2.05. The third-order valence-corrected chi connectivity index (χ3v) is 5.31. The molecule has 166 valence electrons. The molecule has 5 nitrogen and oxygen atoms in total. The molecule has 2 aromatic rings. The average molecular weight is 498 g/mol. The number of hydrogen-bond donors (Lipinski definition) is 1. The van der Waals surface area contributed by atoms with E-state index in [1.165, 1.54) is 12.1 Å². The molecule has 0 bridgehead atoms. The summed E-state index contributed by atoms with van der Waals surface area (Å²) in [7, 11) is -4.62. The fraction of sp³-hybridized carbons (Fsp3) is 0.250. The lowest BCUT2D eigenvalue weighted by Gasteiger charge is -2.16. The Labute approximate surface area is 176 Å². The molecule has 0 unspecified atom stereocenters. The molecular weight excluding hydrogens is 487 g/mol. The number of nitrogens with one attached hydrogen (secondary N) is 1. The fourth-order valence-electron chi connectivity index (χ4n) is 2.00. The first-order chi connectivity index (χ1) is 13.7. The third-order valence-electron chi connectivity index (χ3n) is 3.17. The molecule has 0 amide bonds. The van der Waals surface area contributed by atoms with Gasteiger partial charge in [0.1, 0.15) is 16.4 Å². The van der Waals surface area contributed by atoms with E-state index in [1.807, 2.05) is 4.72 Å². The monoisotopic (exact) mass is 497 g/mol. The lowest BCUT2D eigenvalue weighted by Crippen LogP contribution is -2.22. The van der Waals surface area contributed by atoms with Gasteiger partial charge in [-0.15, -0.1) is 0 Å². The van der Waals surface area contributed by atoms with Crippen molar-refractivity contribution in [2.75, 3.05) is 17.9 Å². The van der Waals surface area contributed by atoms with Crippen molar-refractivity contribution < 1.29 is 44.2 Å². The maximum absolute atomic E-state index is 12.7. The molecule has 0 fully saturated rings. The SMILES string of the molecule is O=S(=O)(Nc1ccc(Cl)c(Cl)c1)c1cc(OCC(F)(F)F)ccc1OCC(F)(F)F. The van der Waals surface area contributed by atoms with Crippen LogP contribution in [0.5, 0.6) is 11.5 Å². The highest BCUT2D eigenvalue weighted by Gasteiger charge is 2.31. The predicted molar refractivity (Wildman–Crippen MR) is 96.8 cm³/mol. The van der Waals surface area contributed by atoms with E-state index >= 15 is 0 Å². The first kappa shape index (κ1) is 24.2. The van der Waals surface area contributed by atoms with Crippen LogP contribution in [0.1, 0.15) is 0 Å². The van der Waals surface area contributed by atoms with Crippen LogP contribution in [0, 0.1) is 0 Å². The maximum Gasteiger partial charge on any atom is 0.422 e. The van der Waals surface area contributed by atoms with Gasteiger partial charge < -0.3 is 9.47 Å². The van der Waals surface area contributed by atoms with Crippen LogP contribution in [0.3, 0.4) is 0 Å². The Morgan fingerprint density at radius 3 is 2.00 bits per heavy atom. The molecule has 2 rings (SSSR count). The second-order valence-electron chi connectivity index (χ2n) is 5.65. The molecule has 14 heteroatoms. The molecule has 1 N–H and O–H groups in total. The summed E-state index contributed by atoms with van der Waals surface area (Å²) in [6.45, 7) is -3.57. The number of rotatable bonds is 7. The number of hydrogen-bond acceptors (Lipinski definition) is 4. The highest BCUT2D eigenvalue weighted by Crippen LogP contribution is 2.33. The first-order valence-electron chi connectivity index (χ1n) is 7.67. The topological polar surface area (TPSA) is 64.6 Å². The summed E-state index contributed by atoms with van der Waals surface area (Å²) >= 11 is 11.5. The molecule has 0 atom stereocenters. The van der Waals surface area contributed by atoms with Gasteiger partial charge in [-0.3, -0.25) is 4.72 Å². The Morgan fingerprint density at radius 1 is 0.833 bits per heavy atom. The summed E-state index contributed by atoms with van der Waals surface area (Å²) in [6.07, 6.45) is -9.51. The van der Waals surface area contributed by atoms with E-state index in [-0.39, 0.29) is 15.7 Å². The standard InChI is InChI=1S/C16H11Cl2F6NO4S/c17-11-3-1-9(5-12(11)18)25-30(26,27)14-6-10(28-7-15(19,20)21)2-4-13(14)29-8-16(22,23)24/h1-6,25H,7-8H2. The van der Waals surface area contributed by atoms with E-state index in [0.29, 0.717) is 6.07 Å². The van der Waals surface area contributed by atoms with Crippen molar-refractivity contribution >= 4 is 38.9 Å². The minimum atomic E-state index is -4.79. The molecule has 0 aromatic heterocycles. The maximum atomic E-state index is 12.7. The average Bonchev–Trinajstić information content (AvgIpc) is 2.60. The van der Waals surface area contributed by atoms with Gasteiger partial charge in [-0.05, 0) is 30.3 Å². The quantitative estimate of drug-likeness (QED) is 0.500. The van der Waals surface area contributed by atoms with Crippen LogP contribution in [0.15, 0.2) is 41.3 Å². The van der Waals surface area contributed by atoms with Crippen LogP contribution in [-0.4, -0.2) is 34.0 Å². The largest absolute Gasteiger partial charge is 0.484 e. The summed E-state index contributed by atoms with van der Waals surface area (Å²) in [6, 6.07) is 5.80. The molecule has 2 aromatic carbocycles. The molecular formula is C16H11Cl2F6NO4S. The lowest BCUT2D eigenvalue weighted by atomic mass is 10.3. The van der Waals surface area contributed by atoms with Gasteiger partial charge in [-0.1, -0.05) is 23.2 Å². The molecule has 0 saturated carbocycles. The van der Waals surface area contributed by atoms with Crippen LogP contribution in [0.2, 0.25) is 10.0 Å². The molecule has 0 saturated heterocycles. The third kappa shape index (κ3) is 7.33. The van der Waals surface area contributed by atoms with Crippen LogP contribution >= 0.6 is 23.2 Å². The van der Waals surface area contributed by atoms with Crippen molar-refractivity contribution in [3.05, 3.63) is 46.4 Å². The molecule has 0 aliphatic rings. The summed E-state index contributed by atoms with van der Waals surface area (Å²) in [4.78, 5) is -0.877. The zero-order chi connectivity index (χ0) is 22.7. The van der Waals surface area contributed by atoms with E-state index in [2.05, 4.69) is 9.47 Å². The number of benzene rings is 2. The zero-order valence-electron chi connectivity index (χ0n) is 14.4. The van der Waals surface area contributed by atoms with E-state index < -0.39 is 52.0 Å². The van der Waals surface area contributed by atoms with Crippen LogP contribution in [-0.2, 0) is 10.0 Å². The van der Waals surface area contributed by atoms with Crippen LogP contribution in [0.4, 0.5) is 32.0 Å². The van der Waals surface area contributed by atoms with Crippen LogP contribution < -0.4 is 14.2 Å². The van der Waals surface area contributed by atoms with E-state index in [1.54, 1.807) is 0 Å². The van der Waals surface area contributed by atoms with Gasteiger partial charge >= 0.3 is 12.4 Å². The van der Waals surface area contributed by atoms with Gasteiger partial charge in [-0.2, -0.15) is 26.3 Å². The lowest BCUT2D eigenvalue weighted by molar-refractivity contribution is -0.154. The van der Waals surface area contributed by atoms with Crippen molar-refractivity contribution in [3.63, 3.8) is 0 Å². The van der Waals surface area contributed by atoms with E-state index in [9.17, 15) is 34.8 Å². The second kappa shape index (κ2) is 8.98. The van der Waals surface area contributed by atoms with Gasteiger partial charge in [0, 0.05) is 6.07 Å². The van der Waals surface area contributed by atoms with Gasteiger partial charge in [0.25, 0.3) is 10.0 Å². The summed E-state index contributed by atoms with van der Waals surface area (Å²) in [5.74, 6) is -1.31. The Kier molecular flexibility index (Phi) is 7.25. The molecule has 0 aliphatic heterocycles. The van der Waals surface area contributed by atoms with Crippen molar-refractivity contribution in [2.45, 2.75) is 17.2 Å². The first-order valence-corrected chi connectivity index (χ1v) is 9.91. The van der Waals surface area contributed by atoms with E-state index in [4.69, 9.17) is 23.2 Å². The van der Waals surface area contributed by atoms with Crippen molar-refractivity contribution in [3.8, 4) is 11.5 Å². The normalized spacial score (nSPS) is 12.5. The number of ether oxygens (including phenoxy) is 2. The number of halogens is 8. The Balaban J connectivity index is 2.41. The number of anilines is 1. The highest BCUT2D eigenvalue weighted by molar-refractivity contribution is 7.92. The fourth-order valence-corrected chi connectivity index (χ4v) is 3.51. The van der Waals surface area contributed by atoms with E-state index in [0.717, 1.165) is 18.2 Å². The van der Waals surface area contributed by atoms with Gasteiger partial charge in [0.2, 0.25) is 0 Å². The minimum Gasteiger partial charge on any atom is -0.484 e. The van der Waals surface area contributed by atoms with Crippen molar-refractivity contribution in [1.29, 1.82) is 0 Å². The molecule has 0 radical (unpaired) electrons. The van der Waals surface area contributed by atoms with Gasteiger partial charge in [-0.25, -0.2) is 8.42 Å². The smallest absolute Gasteiger partial charge is 0.422 e. The highest BCUT2D eigenvalue weighted by atomic mass is 35.5. The second-order valence-corrected chi connectivity index (χ2v) is 8.12. The van der Waals surface area contributed by atoms with Crippen molar-refractivity contribution in [2.24, 2.45) is 0 Å². The molecule has 0 aliphatic carbocycles. The van der Waals surface area contributed by atoms with Gasteiger partial charge in [0.05, 0.1) is 15.7 Å². The van der Waals surface area contributed by atoms with Crippen molar-refractivity contribution in [1.82, 2.24) is 0 Å². The molecule has 0 spiro atoms. The predicted octanol–water partition coefficient (Wildman–Crippen LogP) is 5.68. The van der Waals surface area contributed by atoms with Gasteiger partial charge in [0.15, 0.2) is 13.2 Å². The number of sulfonamides is 1. The Morgan fingerprint density at radius 2 is 1.43 bits per heavy atom.